The predicted octanol–water partition coefficient (Wildman–Crippen LogP) is 1.87. The van der Waals surface area contributed by atoms with Gasteiger partial charge < -0.3 is 10.1 Å². The molecule has 0 bridgehead atoms. The molecule has 0 fully saturated rings. The molecule has 5 nitrogen and oxygen atoms in total. The highest BCUT2D eigenvalue weighted by Crippen LogP contribution is 2.25. The van der Waals surface area contributed by atoms with E-state index in [0.717, 1.165) is 30.0 Å². The number of hydrogen-bond donors (Lipinski definition) is 2. The molecule has 7 heteroatoms. The highest BCUT2D eigenvalue weighted by atomic mass is 32.2. The van der Waals surface area contributed by atoms with Crippen molar-refractivity contribution in [2.75, 3.05) is 26.8 Å². The van der Waals surface area contributed by atoms with Crippen molar-refractivity contribution in [2.45, 2.75) is 37.4 Å². The first-order valence-electron chi connectivity index (χ1n) is 6.80. The molecule has 0 amide bonds. The Hall–Kier alpha value is -0.470. The molecule has 1 aromatic heterocycles. The molecular weight excluding hydrogens is 296 g/mol. The van der Waals surface area contributed by atoms with Crippen LogP contribution in [0.5, 0.6) is 0 Å². The zero-order valence-corrected chi connectivity index (χ0v) is 14.0. The highest BCUT2D eigenvalue weighted by Gasteiger charge is 2.18. The second-order valence-corrected chi connectivity index (χ2v) is 7.72. The van der Waals surface area contributed by atoms with Gasteiger partial charge in [0.2, 0.25) is 10.0 Å². The van der Waals surface area contributed by atoms with E-state index in [1.165, 1.54) is 11.3 Å². The molecule has 0 saturated carbocycles. The van der Waals surface area contributed by atoms with Crippen LogP contribution in [0.15, 0.2) is 10.3 Å². The van der Waals surface area contributed by atoms with E-state index in [2.05, 4.69) is 17.0 Å². The van der Waals surface area contributed by atoms with Crippen molar-refractivity contribution in [3.63, 3.8) is 0 Å². The lowest BCUT2D eigenvalue weighted by Gasteiger charge is -2.04. The Morgan fingerprint density at radius 1 is 1.35 bits per heavy atom. The van der Waals surface area contributed by atoms with E-state index in [9.17, 15) is 8.42 Å². The average Bonchev–Trinajstić information content (AvgIpc) is 2.78. The van der Waals surface area contributed by atoms with Crippen molar-refractivity contribution >= 4 is 21.4 Å². The minimum atomic E-state index is -3.39. The van der Waals surface area contributed by atoms with Crippen LogP contribution in [0.4, 0.5) is 0 Å². The molecule has 1 aromatic rings. The van der Waals surface area contributed by atoms with Crippen molar-refractivity contribution < 1.29 is 13.2 Å². The Balaban J connectivity index is 2.63. The van der Waals surface area contributed by atoms with Gasteiger partial charge in [-0.2, -0.15) is 0 Å². The molecule has 0 unspecified atom stereocenters. The van der Waals surface area contributed by atoms with Gasteiger partial charge in [0.05, 0.1) is 0 Å². The SMILES string of the molecule is CCCNCc1sc(S(=O)(=O)NCCCOC)cc1C. The van der Waals surface area contributed by atoms with E-state index in [1.54, 1.807) is 13.2 Å². The fourth-order valence-electron chi connectivity index (χ4n) is 1.67. The summed E-state index contributed by atoms with van der Waals surface area (Å²) in [4.78, 5) is 1.08. The fourth-order valence-corrected chi connectivity index (χ4v) is 4.35. The maximum atomic E-state index is 12.1. The second kappa shape index (κ2) is 8.74. The first-order chi connectivity index (χ1) is 9.51. The van der Waals surface area contributed by atoms with Crippen molar-refractivity contribution in [1.29, 1.82) is 0 Å². The number of sulfonamides is 1. The molecule has 0 atom stereocenters. The Morgan fingerprint density at radius 2 is 2.10 bits per heavy atom. The first kappa shape index (κ1) is 17.6. The van der Waals surface area contributed by atoms with Crippen LogP contribution in [-0.4, -0.2) is 35.2 Å². The first-order valence-corrected chi connectivity index (χ1v) is 9.10. The summed E-state index contributed by atoms with van der Waals surface area (Å²) in [6, 6.07) is 1.74. The zero-order chi connectivity index (χ0) is 15.0. The minimum Gasteiger partial charge on any atom is -0.385 e. The number of ether oxygens (including phenoxy) is 1. The van der Waals surface area contributed by atoms with Crippen molar-refractivity contribution in [2.24, 2.45) is 0 Å². The van der Waals surface area contributed by atoms with Gasteiger partial charge in [0.1, 0.15) is 4.21 Å². The molecule has 0 saturated heterocycles. The fraction of sp³-hybridized carbons (Fsp3) is 0.692. The Bertz CT molecular complexity index is 498. The van der Waals surface area contributed by atoms with Gasteiger partial charge in [-0.15, -0.1) is 11.3 Å². The van der Waals surface area contributed by atoms with Gasteiger partial charge in [0.25, 0.3) is 0 Å². The highest BCUT2D eigenvalue weighted by molar-refractivity contribution is 7.91. The summed E-state index contributed by atoms with van der Waals surface area (Å²) in [5, 5.41) is 3.30. The summed E-state index contributed by atoms with van der Waals surface area (Å²) < 4.78 is 32.1. The molecule has 116 valence electrons. The summed E-state index contributed by atoms with van der Waals surface area (Å²) >= 11 is 1.34. The van der Waals surface area contributed by atoms with Gasteiger partial charge in [0, 0.05) is 31.7 Å². The van der Waals surface area contributed by atoms with E-state index in [-0.39, 0.29) is 0 Å². The Labute approximate surface area is 125 Å². The Kier molecular flexibility index (Phi) is 7.68. The zero-order valence-electron chi connectivity index (χ0n) is 12.4. The summed E-state index contributed by atoms with van der Waals surface area (Å²) in [6.07, 6.45) is 1.74. The lowest BCUT2D eigenvalue weighted by atomic mass is 10.3. The lowest BCUT2D eigenvalue weighted by Crippen LogP contribution is -2.24. The average molecular weight is 320 g/mol. The number of hydrogen-bond acceptors (Lipinski definition) is 5. The standard InChI is InChI=1S/C13H24N2O3S2/c1-4-6-14-10-12-11(2)9-13(19-12)20(16,17)15-7-5-8-18-3/h9,14-15H,4-8,10H2,1-3H3. The molecule has 20 heavy (non-hydrogen) atoms. The van der Waals surface area contributed by atoms with Crippen LogP contribution >= 0.6 is 11.3 Å². The van der Waals surface area contributed by atoms with Crippen LogP contribution < -0.4 is 10.0 Å². The van der Waals surface area contributed by atoms with Crippen molar-refractivity contribution in [3.05, 3.63) is 16.5 Å². The van der Waals surface area contributed by atoms with E-state index < -0.39 is 10.0 Å². The smallest absolute Gasteiger partial charge is 0.250 e. The molecule has 1 rings (SSSR count). The molecule has 0 aliphatic carbocycles. The number of rotatable bonds is 10. The van der Waals surface area contributed by atoms with Gasteiger partial charge in [0.15, 0.2) is 0 Å². The molecule has 1 heterocycles. The summed E-state index contributed by atoms with van der Waals surface area (Å²) in [5.74, 6) is 0. The molecule has 0 aliphatic heterocycles. The molecular formula is C13H24N2O3S2. The van der Waals surface area contributed by atoms with Crippen LogP contribution in [0, 0.1) is 6.92 Å². The third kappa shape index (κ3) is 5.49. The minimum absolute atomic E-state index is 0.390. The number of methoxy groups -OCH3 is 1. The number of aryl methyl sites for hydroxylation is 1. The topological polar surface area (TPSA) is 67.4 Å². The molecule has 2 N–H and O–H groups in total. The summed E-state index contributed by atoms with van der Waals surface area (Å²) in [7, 11) is -1.78. The normalized spacial score (nSPS) is 11.9. The Morgan fingerprint density at radius 3 is 2.75 bits per heavy atom. The summed E-state index contributed by atoms with van der Waals surface area (Å²) in [5.41, 5.74) is 1.02. The van der Waals surface area contributed by atoms with Crippen molar-refractivity contribution in [3.8, 4) is 0 Å². The van der Waals surface area contributed by atoms with Crippen LogP contribution in [0.2, 0.25) is 0 Å². The molecule has 0 aromatic carbocycles. The van der Waals surface area contributed by atoms with Crippen LogP contribution in [-0.2, 0) is 21.3 Å². The van der Waals surface area contributed by atoms with Crippen LogP contribution in [0.25, 0.3) is 0 Å². The maximum absolute atomic E-state index is 12.1. The number of nitrogens with one attached hydrogen (secondary N) is 2. The number of thiophene rings is 1. The largest absolute Gasteiger partial charge is 0.385 e. The van der Waals surface area contributed by atoms with E-state index in [4.69, 9.17) is 4.74 Å². The van der Waals surface area contributed by atoms with Crippen LogP contribution in [0.1, 0.15) is 30.2 Å². The maximum Gasteiger partial charge on any atom is 0.250 e. The van der Waals surface area contributed by atoms with E-state index >= 15 is 0 Å². The van der Waals surface area contributed by atoms with E-state index in [0.29, 0.717) is 23.8 Å². The quantitative estimate of drug-likeness (QED) is 0.646. The van der Waals surface area contributed by atoms with Crippen molar-refractivity contribution in [1.82, 2.24) is 10.0 Å². The third-order valence-electron chi connectivity index (χ3n) is 2.79. The molecule has 0 aliphatic rings. The van der Waals surface area contributed by atoms with E-state index in [1.807, 2.05) is 6.92 Å². The molecule has 0 radical (unpaired) electrons. The third-order valence-corrected chi connectivity index (χ3v) is 5.96. The van der Waals surface area contributed by atoms with Gasteiger partial charge in [-0.05, 0) is 37.9 Å². The van der Waals surface area contributed by atoms with Gasteiger partial charge >= 0.3 is 0 Å². The van der Waals surface area contributed by atoms with Gasteiger partial charge in [-0.1, -0.05) is 6.92 Å². The van der Waals surface area contributed by atoms with Gasteiger partial charge in [-0.25, -0.2) is 13.1 Å². The predicted molar refractivity (Wildman–Crippen MR) is 82.7 cm³/mol. The monoisotopic (exact) mass is 320 g/mol. The van der Waals surface area contributed by atoms with Crippen LogP contribution in [0.3, 0.4) is 0 Å². The summed E-state index contributed by atoms with van der Waals surface area (Å²) in [6.45, 7) is 6.67. The van der Waals surface area contributed by atoms with Gasteiger partial charge in [-0.3, -0.25) is 0 Å². The lowest BCUT2D eigenvalue weighted by molar-refractivity contribution is 0.196. The second-order valence-electron chi connectivity index (χ2n) is 4.59. The molecule has 0 spiro atoms.